The third kappa shape index (κ3) is 6.47. The maximum atomic E-state index is 11.1. The Morgan fingerprint density at radius 2 is 2.00 bits per heavy atom. The molecule has 0 heterocycles. The predicted octanol–water partition coefficient (Wildman–Crippen LogP) is 1.70. The molecule has 0 spiro atoms. The second kappa shape index (κ2) is 10.5. The first-order valence-electron chi connectivity index (χ1n) is 7.50. The van der Waals surface area contributed by atoms with E-state index >= 15 is 0 Å². The Hall–Kier alpha value is -2.24. The van der Waals surface area contributed by atoms with Crippen LogP contribution in [0.2, 0.25) is 0 Å². The van der Waals surface area contributed by atoms with Gasteiger partial charge < -0.3 is 20.1 Å². The van der Waals surface area contributed by atoms with Crippen LogP contribution in [0, 0.1) is 0 Å². The van der Waals surface area contributed by atoms with Crippen molar-refractivity contribution in [3.63, 3.8) is 0 Å². The molecule has 0 aliphatic heterocycles. The summed E-state index contributed by atoms with van der Waals surface area (Å²) < 4.78 is 10.2. The molecular weight excluding hydrogens is 282 g/mol. The van der Waals surface area contributed by atoms with Crippen LogP contribution in [0.1, 0.15) is 25.8 Å². The van der Waals surface area contributed by atoms with E-state index in [0.29, 0.717) is 32.1 Å². The second-order valence-electron chi connectivity index (χ2n) is 4.49. The number of ether oxygens (including phenoxy) is 2. The third-order valence-corrected chi connectivity index (χ3v) is 2.87. The minimum atomic E-state index is -0.245. The summed E-state index contributed by atoms with van der Waals surface area (Å²) in [7, 11) is 1.38. The van der Waals surface area contributed by atoms with Gasteiger partial charge in [0.25, 0.3) is 0 Å². The van der Waals surface area contributed by atoms with Gasteiger partial charge >= 0.3 is 5.97 Å². The summed E-state index contributed by atoms with van der Waals surface area (Å²) in [4.78, 5) is 15.6. The van der Waals surface area contributed by atoms with Crippen molar-refractivity contribution in [3.05, 3.63) is 29.8 Å². The summed E-state index contributed by atoms with van der Waals surface area (Å²) in [6.07, 6.45) is 0.302. The maximum Gasteiger partial charge on any atom is 0.307 e. The molecule has 0 saturated carbocycles. The van der Waals surface area contributed by atoms with Crippen LogP contribution in [0.15, 0.2) is 29.3 Å². The van der Waals surface area contributed by atoms with Gasteiger partial charge in [-0.3, -0.25) is 4.79 Å². The monoisotopic (exact) mass is 307 g/mol. The number of hydrogen-bond donors (Lipinski definition) is 2. The first kappa shape index (κ1) is 17.8. The number of hydrogen-bond acceptors (Lipinski definition) is 4. The molecule has 1 rings (SSSR count). The van der Waals surface area contributed by atoms with Crippen molar-refractivity contribution in [2.24, 2.45) is 4.99 Å². The van der Waals surface area contributed by atoms with Gasteiger partial charge in [-0.05, 0) is 19.9 Å². The first-order valence-corrected chi connectivity index (χ1v) is 7.50. The van der Waals surface area contributed by atoms with Gasteiger partial charge in [-0.1, -0.05) is 18.2 Å². The Labute approximate surface area is 131 Å². The Morgan fingerprint density at radius 1 is 1.23 bits per heavy atom. The summed E-state index contributed by atoms with van der Waals surface area (Å²) in [5, 5.41) is 6.25. The molecule has 0 unspecified atom stereocenters. The van der Waals surface area contributed by atoms with Crippen molar-refractivity contribution < 1.29 is 14.3 Å². The normalized spacial score (nSPS) is 11.0. The fraction of sp³-hybridized carbons (Fsp3) is 0.500. The fourth-order valence-corrected chi connectivity index (χ4v) is 1.82. The van der Waals surface area contributed by atoms with E-state index in [1.807, 2.05) is 38.1 Å². The summed E-state index contributed by atoms with van der Waals surface area (Å²) >= 11 is 0. The van der Waals surface area contributed by atoms with Gasteiger partial charge in [0.1, 0.15) is 5.75 Å². The van der Waals surface area contributed by atoms with Crippen LogP contribution in [0.25, 0.3) is 0 Å². The van der Waals surface area contributed by atoms with E-state index in [0.717, 1.165) is 17.9 Å². The van der Waals surface area contributed by atoms with Crippen LogP contribution in [0.4, 0.5) is 0 Å². The number of benzene rings is 1. The standard InChI is InChI=1S/C16H25N3O3/c1-4-17-16(18-11-10-15(20)21-3)19-12-13-8-6-7-9-14(13)22-5-2/h6-9H,4-5,10-12H2,1-3H3,(H2,17,18,19). The molecule has 0 atom stereocenters. The molecule has 1 aromatic carbocycles. The van der Waals surface area contributed by atoms with Gasteiger partial charge in [-0.25, -0.2) is 4.99 Å². The van der Waals surface area contributed by atoms with Crippen LogP contribution in [-0.4, -0.2) is 38.7 Å². The Kier molecular flexibility index (Phi) is 8.49. The van der Waals surface area contributed by atoms with Crippen molar-refractivity contribution in [3.8, 4) is 5.75 Å². The van der Waals surface area contributed by atoms with Gasteiger partial charge in [0.05, 0.1) is 26.7 Å². The van der Waals surface area contributed by atoms with E-state index < -0.39 is 0 Å². The highest BCUT2D eigenvalue weighted by Gasteiger charge is 2.04. The number of nitrogens with one attached hydrogen (secondary N) is 2. The number of carbonyl (C=O) groups is 1. The van der Waals surface area contributed by atoms with Crippen LogP contribution in [-0.2, 0) is 16.1 Å². The molecule has 0 saturated heterocycles. The molecule has 0 aliphatic rings. The van der Waals surface area contributed by atoms with E-state index in [1.54, 1.807) is 0 Å². The van der Waals surface area contributed by atoms with E-state index in [1.165, 1.54) is 7.11 Å². The molecule has 0 bridgehead atoms. The number of guanidine groups is 1. The zero-order chi connectivity index (χ0) is 16.2. The second-order valence-corrected chi connectivity index (χ2v) is 4.49. The van der Waals surface area contributed by atoms with Gasteiger partial charge in [0.2, 0.25) is 0 Å². The zero-order valence-electron chi connectivity index (χ0n) is 13.5. The average molecular weight is 307 g/mol. The molecule has 0 fully saturated rings. The van der Waals surface area contributed by atoms with Gasteiger partial charge in [0.15, 0.2) is 5.96 Å². The number of carbonyl (C=O) groups excluding carboxylic acids is 1. The lowest BCUT2D eigenvalue weighted by Crippen LogP contribution is -2.38. The first-order chi connectivity index (χ1) is 10.7. The number of rotatable bonds is 8. The van der Waals surface area contributed by atoms with Crippen molar-refractivity contribution in [1.29, 1.82) is 0 Å². The minimum absolute atomic E-state index is 0.245. The molecule has 6 heteroatoms. The Morgan fingerprint density at radius 3 is 2.68 bits per heavy atom. The lowest BCUT2D eigenvalue weighted by atomic mass is 10.2. The van der Waals surface area contributed by atoms with Crippen molar-refractivity contribution in [2.75, 3.05) is 26.8 Å². The van der Waals surface area contributed by atoms with Crippen molar-refractivity contribution in [1.82, 2.24) is 10.6 Å². The molecule has 0 radical (unpaired) electrons. The summed E-state index contributed by atoms with van der Waals surface area (Å²) in [5.74, 6) is 1.27. The van der Waals surface area contributed by atoms with E-state index in [2.05, 4.69) is 20.4 Å². The number of methoxy groups -OCH3 is 1. The largest absolute Gasteiger partial charge is 0.494 e. The smallest absolute Gasteiger partial charge is 0.307 e. The lowest BCUT2D eigenvalue weighted by Gasteiger charge is -2.12. The van der Waals surface area contributed by atoms with E-state index in [9.17, 15) is 4.79 Å². The molecule has 2 N–H and O–H groups in total. The molecule has 6 nitrogen and oxygen atoms in total. The Balaban J connectivity index is 2.63. The molecule has 22 heavy (non-hydrogen) atoms. The average Bonchev–Trinajstić information content (AvgIpc) is 2.53. The van der Waals surface area contributed by atoms with Crippen molar-refractivity contribution >= 4 is 11.9 Å². The summed E-state index contributed by atoms with van der Waals surface area (Å²) in [6, 6.07) is 7.83. The van der Waals surface area contributed by atoms with Crippen LogP contribution >= 0.6 is 0 Å². The topological polar surface area (TPSA) is 72.0 Å². The predicted molar refractivity (Wildman–Crippen MR) is 87.1 cm³/mol. The van der Waals surface area contributed by atoms with Crippen LogP contribution < -0.4 is 15.4 Å². The lowest BCUT2D eigenvalue weighted by molar-refractivity contribution is -0.140. The summed E-state index contributed by atoms with van der Waals surface area (Å²) in [6.45, 7) is 6.30. The van der Waals surface area contributed by atoms with E-state index in [-0.39, 0.29) is 5.97 Å². The zero-order valence-corrected chi connectivity index (χ0v) is 13.5. The maximum absolute atomic E-state index is 11.1. The summed E-state index contributed by atoms with van der Waals surface area (Å²) in [5.41, 5.74) is 1.02. The highest BCUT2D eigenvalue weighted by Crippen LogP contribution is 2.18. The molecule has 0 aromatic heterocycles. The number of esters is 1. The Bertz CT molecular complexity index is 489. The molecule has 0 amide bonds. The highest BCUT2D eigenvalue weighted by molar-refractivity contribution is 5.80. The minimum Gasteiger partial charge on any atom is -0.494 e. The fourth-order valence-electron chi connectivity index (χ4n) is 1.82. The SMILES string of the molecule is CCNC(=NCc1ccccc1OCC)NCCC(=O)OC. The third-order valence-electron chi connectivity index (χ3n) is 2.87. The molecule has 122 valence electrons. The van der Waals surface area contributed by atoms with Gasteiger partial charge in [-0.15, -0.1) is 0 Å². The number of para-hydroxylation sites is 1. The van der Waals surface area contributed by atoms with Crippen LogP contribution in [0.5, 0.6) is 5.75 Å². The van der Waals surface area contributed by atoms with Crippen molar-refractivity contribution in [2.45, 2.75) is 26.8 Å². The van der Waals surface area contributed by atoms with Gasteiger partial charge in [0, 0.05) is 18.7 Å². The van der Waals surface area contributed by atoms with Crippen LogP contribution in [0.3, 0.4) is 0 Å². The van der Waals surface area contributed by atoms with Gasteiger partial charge in [-0.2, -0.15) is 0 Å². The highest BCUT2D eigenvalue weighted by atomic mass is 16.5. The quantitative estimate of drug-likeness (QED) is 0.434. The molecular formula is C16H25N3O3. The number of nitrogens with zero attached hydrogens (tertiary/aromatic N) is 1. The number of aliphatic imine (C=N–C) groups is 1. The van der Waals surface area contributed by atoms with E-state index in [4.69, 9.17) is 4.74 Å². The molecule has 1 aromatic rings. The molecule has 0 aliphatic carbocycles.